The average Bonchev–Trinajstić information content (AvgIpc) is 3.39. The van der Waals surface area contributed by atoms with E-state index in [4.69, 9.17) is 4.74 Å². The van der Waals surface area contributed by atoms with Gasteiger partial charge in [0.2, 0.25) is 5.91 Å². The molecule has 5 rings (SSSR count). The van der Waals surface area contributed by atoms with Gasteiger partial charge in [-0.3, -0.25) is 19.1 Å². The summed E-state index contributed by atoms with van der Waals surface area (Å²) in [5.74, 6) is -0.728. The number of anilines is 2. The van der Waals surface area contributed by atoms with Crippen LogP contribution in [-0.2, 0) is 26.8 Å². The largest absolute Gasteiger partial charge is 0.381 e. The van der Waals surface area contributed by atoms with Crippen molar-refractivity contribution in [1.29, 1.82) is 0 Å². The molecule has 3 N–H and O–H groups in total. The molecule has 9 nitrogen and oxygen atoms in total. The molecule has 9 heteroatoms. The number of aryl methyl sites for hydroxylation is 1. The van der Waals surface area contributed by atoms with E-state index in [0.717, 1.165) is 55.3 Å². The fourth-order valence-electron chi connectivity index (χ4n) is 5.58. The summed E-state index contributed by atoms with van der Waals surface area (Å²) in [6.07, 6.45) is 9.82. The van der Waals surface area contributed by atoms with Crippen LogP contribution < -0.4 is 16.0 Å². The molecule has 0 atom stereocenters. The molecular formula is C27H33N5O4. The first-order valence-corrected chi connectivity index (χ1v) is 12.8. The SMILES string of the molecule is Cn1nccc1C(=O)NC(C(=O)Nc1ccc2c(c1)NC(=O)C21CCOCC1)=C1CCCCCCC1. The van der Waals surface area contributed by atoms with Crippen molar-refractivity contribution >= 4 is 29.1 Å². The predicted molar refractivity (Wildman–Crippen MR) is 135 cm³/mol. The third-order valence-electron chi connectivity index (χ3n) is 7.65. The van der Waals surface area contributed by atoms with Crippen LogP contribution >= 0.6 is 0 Å². The molecule has 3 heterocycles. The van der Waals surface area contributed by atoms with Crippen molar-refractivity contribution in [2.75, 3.05) is 23.8 Å². The minimum Gasteiger partial charge on any atom is -0.381 e. The Hall–Kier alpha value is -3.46. The number of amides is 3. The molecule has 0 bridgehead atoms. The molecule has 1 aliphatic carbocycles. The zero-order chi connectivity index (χ0) is 25.1. The van der Waals surface area contributed by atoms with Crippen LogP contribution in [0.3, 0.4) is 0 Å². The summed E-state index contributed by atoms with van der Waals surface area (Å²) >= 11 is 0. The number of aromatic nitrogens is 2. The maximum absolute atomic E-state index is 13.5. The zero-order valence-corrected chi connectivity index (χ0v) is 20.7. The Balaban J connectivity index is 1.40. The quantitative estimate of drug-likeness (QED) is 0.563. The van der Waals surface area contributed by atoms with E-state index in [9.17, 15) is 14.4 Å². The molecule has 3 aliphatic rings. The summed E-state index contributed by atoms with van der Waals surface area (Å²) in [6.45, 7) is 1.11. The van der Waals surface area contributed by atoms with Crippen molar-refractivity contribution in [3.63, 3.8) is 0 Å². The van der Waals surface area contributed by atoms with E-state index in [-0.39, 0.29) is 17.7 Å². The van der Waals surface area contributed by atoms with E-state index in [1.807, 2.05) is 12.1 Å². The van der Waals surface area contributed by atoms with Crippen LogP contribution in [0, 0.1) is 0 Å². The van der Waals surface area contributed by atoms with Gasteiger partial charge < -0.3 is 20.7 Å². The lowest BCUT2D eigenvalue weighted by Crippen LogP contribution is -2.39. The molecule has 2 aromatic rings. The molecule has 36 heavy (non-hydrogen) atoms. The summed E-state index contributed by atoms with van der Waals surface area (Å²) in [7, 11) is 1.70. The summed E-state index contributed by atoms with van der Waals surface area (Å²) in [6, 6.07) is 7.18. The molecule has 3 amide bonds. The van der Waals surface area contributed by atoms with Crippen LogP contribution in [0.25, 0.3) is 0 Å². The molecule has 1 saturated carbocycles. The number of carbonyl (C=O) groups is 3. The molecule has 1 aromatic carbocycles. The number of hydrogen-bond donors (Lipinski definition) is 3. The molecular weight excluding hydrogens is 458 g/mol. The Morgan fingerprint density at radius 3 is 2.47 bits per heavy atom. The lowest BCUT2D eigenvalue weighted by atomic mass is 9.75. The van der Waals surface area contributed by atoms with E-state index >= 15 is 0 Å². The number of ether oxygens (including phenoxy) is 1. The van der Waals surface area contributed by atoms with E-state index in [0.29, 0.717) is 43.1 Å². The number of carbonyl (C=O) groups excluding carboxylic acids is 3. The molecule has 1 spiro atoms. The standard InChI is InChI=1S/C27H33N5O4/c1-32-22(11-14-28-32)24(33)31-23(18-7-5-3-2-4-6-8-18)25(34)29-19-9-10-20-21(17-19)30-26(35)27(20)12-15-36-16-13-27/h9-11,14,17H,2-8,12-13,15-16H2,1H3,(H,29,34)(H,30,35)(H,31,33). The second-order valence-electron chi connectivity index (χ2n) is 9.90. The maximum atomic E-state index is 13.5. The fourth-order valence-corrected chi connectivity index (χ4v) is 5.58. The van der Waals surface area contributed by atoms with Crippen molar-refractivity contribution in [1.82, 2.24) is 15.1 Å². The van der Waals surface area contributed by atoms with Gasteiger partial charge in [0.05, 0.1) is 5.41 Å². The van der Waals surface area contributed by atoms with Gasteiger partial charge in [-0.25, -0.2) is 0 Å². The van der Waals surface area contributed by atoms with E-state index in [1.165, 1.54) is 11.1 Å². The van der Waals surface area contributed by atoms with Crippen LogP contribution in [0.5, 0.6) is 0 Å². The lowest BCUT2D eigenvalue weighted by molar-refractivity contribution is -0.124. The highest BCUT2D eigenvalue weighted by Gasteiger charge is 2.47. The Morgan fingerprint density at radius 1 is 1.06 bits per heavy atom. The fraction of sp³-hybridized carbons (Fsp3) is 0.481. The zero-order valence-electron chi connectivity index (χ0n) is 20.7. The Bertz CT molecular complexity index is 1200. The van der Waals surface area contributed by atoms with Gasteiger partial charge in [0.25, 0.3) is 11.8 Å². The van der Waals surface area contributed by atoms with Crippen molar-refractivity contribution < 1.29 is 19.1 Å². The van der Waals surface area contributed by atoms with Gasteiger partial charge in [-0.05, 0) is 67.9 Å². The third-order valence-corrected chi connectivity index (χ3v) is 7.65. The smallest absolute Gasteiger partial charge is 0.274 e. The number of allylic oxidation sites excluding steroid dienone is 1. The normalized spacial score (nSPS) is 19.1. The molecule has 2 aliphatic heterocycles. The first-order valence-electron chi connectivity index (χ1n) is 12.8. The van der Waals surface area contributed by atoms with Gasteiger partial charge in [-0.15, -0.1) is 0 Å². The van der Waals surface area contributed by atoms with Gasteiger partial charge in [0.15, 0.2) is 0 Å². The summed E-state index contributed by atoms with van der Waals surface area (Å²) in [5, 5.41) is 12.9. The number of nitrogens with zero attached hydrogens (tertiary/aromatic N) is 2. The number of benzene rings is 1. The first kappa shape index (κ1) is 24.2. The predicted octanol–water partition coefficient (Wildman–Crippen LogP) is 3.79. The van der Waals surface area contributed by atoms with Crippen LogP contribution in [0.15, 0.2) is 41.7 Å². The maximum Gasteiger partial charge on any atom is 0.274 e. The number of fused-ring (bicyclic) bond motifs is 2. The molecule has 2 fully saturated rings. The third kappa shape index (κ3) is 4.67. The molecule has 1 aromatic heterocycles. The highest BCUT2D eigenvalue weighted by atomic mass is 16.5. The summed E-state index contributed by atoms with van der Waals surface area (Å²) < 4.78 is 6.97. The van der Waals surface area contributed by atoms with Crippen LogP contribution in [0.2, 0.25) is 0 Å². The number of hydrogen-bond acceptors (Lipinski definition) is 5. The number of rotatable bonds is 4. The molecule has 0 radical (unpaired) electrons. The Kier molecular flexibility index (Phi) is 6.91. The van der Waals surface area contributed by atoms with Gasteiger partial charge in [-0.1, -0.05) is 25.3 Å². The summed E-state index contributed by atoms with van der Waals surface area (Å²) in [5.41, 5.74) is 3.36. The molecule has 0 unspecified atom stereocenters. The lowest BCUT2D eigenvalue weighted by Gasteiger charge is -2.31. The van der Waals surface area contributed by atoms with Gasteiger partial charge in [0, 0.05) is 37.8 Å². The van der Waals surface area contributed by atoms with Gasteiger partial charge >= 0.3 is 0 Å². The first-order chi connectivity index (χ1) is 17.5. The van der Waals surface area contributed by atoms with E-state index in [2.05, 4.69) is 21.0 Å². The van der Waals surface area contributed by atoms with E-state index < -0.39 is 5.41 Å². The van der Waals surface area contributed by atoms with Crippen molar-refractivity contribution in [3.05, 3.63) is 53.0 Å². The van der Waals surface area contributed by atoms with Gasteiger partial charge in [0.1, 0.15) is 11.4 Å². The van der Waals surface area contributed by atoms with Crippen molar-refractivity contribution in [2.45, 2.75) is 63.2 Å². The van der Waals surface area contributed by atoms with Crippen molar-refractivity contribution in [2.24, 2.45) is 7.05 Å². The topological polar surface area (TPSA) is 114 Å². The molecule has 190 valence electrons. The van der Waals surface area contributed by atoms with Crippen LogP contribution in [0.4, 0.5) is 11.4 Å². The summed E-state index contributed by atoms with van der Waals surface area (Å²) in [4.78, 5) is 39.4. The Labute approximate surface area is 210 Å². The van der Waals surface area contributed by atoms with Crippen LogP contribution in [0.1, 0.15) is 73.8 Å². The highest BCUT2D eigenvalue weighted by molar-refractivity contribution is 6.10. The second kappa shape index (κ2) is 10.3. The van der Waals surface area contributed by atoms with Crippen molar-refractivity contribution in [3.8, 4) is 0 Å². The minimum absolute atomic E-state index is 0.00922. The minimum atomic E-state index is -0.556. The molecule has 1 saturated heterocycles. The monoisotopic (exact) mass is 491 g/mol. The number of nitrogens with one attached hydrogen (secondary N) is 3. The second-order valence-corrected chi connectivity index (χ2v) is 9.90. The highest BCUT2D eigenvalue weighted by Crippen LogP contribution is 2.45. The average molecular weight is 492 g/mol. The van der Waals surface area contributed by atoms with Crippen LogP contribution in [-0.4, -0.2) is 40.7 Å². The van der Waals surface area contributed by atoms with Gasteiger partial charge in [-0.2, -0.15) is 5.10 Å². The van der Waals surface area contributed by atoms with E-state index in [1.54, 1.807) is 25.4 Å². The Morgan fingerprint density at radius 2 is 1.78 bits per heavy atom.